The van der Waals surface area contributed by atoms with E-state index in [2.05, 4.69) is 32.7 Å². The van der Waals surface area contributed by atoms with Gasteiger partial charge in [0.1, 0.15) is 11.9 Å². The Morgan fingerprint density at radius 1 is 1.32 bits per heavy atom. The molecular formula is C17H20N4O. The minimum atomic E-state index is -0.486. The van der Waals surface area contributed by atoms with Gasteiger partial charge in [0.15, 0.2) is 0 Å². The van der Waals surface area contributed by atoms with Gasteiger partial charge in [0.25, 0.3) is 0 Å². The van der Waals surface area contributed by atoms with Gasteiger partial charge < -0.3 is 10.6 Å². The summed E-state index contributed by atoms with van der Waals surface area (Å²) in [6.07, 6.45) is 7.71. The Morgan fingerprint density at radius 3 is 2.82 bits per heavy atom. The summed E-state index contributed by atoms with van der Waals surface area (Å²) in [6, 6.07) is 8.24. The van der Waals surface area contributed by atoms with Gasteiger partial charge in [-0.3, -0.25) is 4.79 Å². The third-order valence-electron chi connectivity index (χ3n) is 4.23. The van der Waals surface area contributed by atoms with Crippen molar-refractivity contribution in [1.82, 2.24) is 20.6 Å². The van der Waals surface area contributed by atoms with Gasteiger partial charge in [-0.1, -0.05) is 24.3 Å². The predicted molar refractivity (Wildman–Crippen MR) is 85.2 cm³/mol. The van der Waals surface area contributed by atoms with Gasteiger partial charge in [0.05, 0.1) is 0 Å². The molecule has 0 radical (unpaired) electrons. The van der Waals surface area contributed by atoms with Crippen LogP contribution in [0.5, 0.6) is 0 Å². The summed E-state index contributed by atoms with van der Waals surface area (Å²) in [5.74, 6) is 0.0680. The minimum Gasteiger partial charge on any atom is -0.358 e. The van der Waals surface area contributed by atoms with E-state index < -0.39 is 5.54 Å². The Bertz CT molecular complexity index is 651. The average molecular weight is 296 g/mol. The summed E-state index contributed by atoms with van der Waals surface area (Å²) in [7, 11) is 1.70. The summed E-state index contributed by atoms with van der Waals surface area (Å²) < 4.78 is 0. The van der Waals surface area contributed by atoms with E-state index in [1.54, 1.807) is 19.4 Å². The zero-order valence-corrected chi connectivity index (χ0v) is 12.7. The maximum atomic E-state index is 12.3. The summed E-state index contributed by atoms with van der Waals surface area (Å²) in [6.45, 7) is 0.889. The number of hydrogen-bond donors (Lipinski definition) is 2. The normalized spacial score (nSPS) is 20.8. The summed E-state index contributed by atoms with van der Waals surface area (Å²) in [5.41, 5.74) is 2.71. The van der Waals surface area contributed by atoms with Crippen molar-refractivity contribution < 1.29 is 4.79 Å². The number of carbonyl (C=O) groups excluding carboxylic acids is 1. The van der Waals surface area contributed by atoms with E-state index in [-0.39, 0.29) is 5.91 Å². The molecule has 2 heterocycles. The number of rotatable bonds is 4. The standard InChI is InChI=1S/C17H20N4O/c1-18-16(22)17(6-3-7-21-17)9-13-4-2-5-14(8-13)15-10-19-12-20-11-15/h2,4-5,8,10-12,21H,3,6-7,9H2,1H3,(H,18,22). The van der Waals surface area contributed by atoms with Crippen LogP contribution in [0, 0.1) is 0 Å². The fourth-order valence-corrected chi connectivity index (χ4v) is 3.13. The van der Waals surface area contributed by atoms with E-state index in [0.29, 0.717) is 6.42 Å². The minimum absolute atomic E-state index is 0.0680. The van der Waals surface area contributed by atoms with Gasteiger partial charge in [-0.25, -0.2) is 9.97 Å². The van der Waals surface area contributed by atoms with E-state index >= 15 is 0 Å². The van der Waals surface area contributed by atoms with Crippen molar-refractivity contribution >= 4 is 5.91 Å². The molecule has 2 aromatic rings. The van der Waals surface area contributed by atoms with Crippen molar-refractivity contribution in [2.24, 2.45) is 0 Å². The Morgan fingerprint density at radius 2 is 2.14 bits per heavy atom. The molecule has 1 atom stereocenters. The molecule has 1 saturated heterocycles. The first-order chi connectivity index (χ1) is 10.7. The first kappa shape index (κ1) is 14.7. The van der Waals surface area contributed by atoms with E-state index in [1.807, 2.05) is 12.1 Å². The molecule has 1 fully saturated rings. The lowest BCUT2D eigenvalue weighted by Gasteiger charge is -2.27. The fourth-order valence-electron chi connectivity index (χ4n) is 3.13. The van der Waals surface area contributed by atoms with Crippen LogP contribution in [-0.4, -0.2) is 35.0 Å². The lowest BCUT2D eigenvalue weighted by atomic mass is 9.87. The molecule has 0 spiro atoms. The van der Waals surface area contributed by atoms with E-state index in [9.17, 15) is 4.79 Å². The second kappa shape index (κ2) is 6.23. The van der Waals surface area contributed by atoms with Gasteiger partial charge in [-0.05, 0) is 36.9 Å². The van der Waals surface area contributed by atoms with E-state index in [4.69, 9.17) is 0 Å². The van der Waals surface area contributed by atoms with Crippen LogP contribution in [0.15, 0.2) is 43.0 Å². The molecule has 5 nitrogen and oxygen atoms in total. The van der Waals surface area contributed by atoms with Gasteiger partial charge in [-0.2, -0.15) is 0 Å². The number of carbonyl (C=O) groups is 1. The molecule has 0 saturated carbocycles. The quantitative estimate of drug-likeness (QED) is 0.898. The van der Waals surface area contributed by atoms with Crippen LogP contribution >= 0.6 is 0 Å². The third-order valence-corrected chi connectivity index (χ3v) is 4.23. The number of aromatic nitrogens is 2. The molecule has 1 aliphatic rings. The number of hydrogen-bond acceptors (Lipinski definition) is 4. The van der Waals surface area contributed by atoms with Crippen molar-refractivity contribution in [3.63, 3.8) is 0 Å². The highest BCUT2D eigenvalue weighted by molar-refractivity contribution is 5.87. The van der Waals surface area contributed by atoms with Crippen molar-refractivity contribution in [3.05, 3.63) is 48.5 Å². The SMILES string of the molecule is CNC(=O)C1(Cc2cccc(-c3cncnc3)c2)CCCN1. The molecule has 3 rings (SSSR count). The molecule has 1 amide bonds. The van der Waals surface area contributed by atoms with Crippen molar-refractivity contribution in [2.75, 3.05) is 13.6 Å². The van der Waals surface area contributed by atoms with Crippen LogP contribution in [0.2, 0.25) is 0 Å². The number of benzene rings is 1. The van der Waals surface area contributed by atoms with E-state index in [0.717, 1.165) is 36.1 Å². The maximum Gasteiger partial charge on any atom is 0.240 e. The van der Waals surface area contributed by atoms with Crippen molar-refractivity contribution in [3.8, 4) is 11.1 Å². The average Bonchev–Trinajstić information content (AvgIpc) is 3.05. The molecule has 22 heavy (non-hydrogen) atoms. The maximum absolute atomic E-state index is 12.3. The van der Waals surface area contributed by atoms with Gasteiger partial charge in [0, 0.05) is 25.0 Å². The van der Waals surface area contributed by atoms with Crippen LogP contribution in [0.1, 0.15) is 18.4 Å². The lowest BCUT2D eigenvalue weighted by molar-refractivity contribution is -0.126. The summed E-state index contributed by atoms with van der Waals surface area (Å²) >= 11 is 0. The van der Waals surface area contributed by atoms with Crippen molar-refractivity contribution in [1.29, 1.82) is 0 Å². The first-order valence-corrected chi connectivity index (χ1v) is 7.55. The zero-order valence-electron chi connectivity index (χ0n) is 12.7. The smallest absolute Gasteiger partial charge is 0.240 e. The van der Waals surface area contributed by atoms with Gasteiger partial charge in [-0.15, -0.1) is 0 Å². The van der Waals surface area contributed by atoms with Crippen molar-refractivity contribution in [2.45, 2.75) is 24.8 Å². The monoisotopic (exact) mass is 296 g/mol. The van der Waals surface area contributed by atoms with Crippen LogP contribution in [0.25, 0.3) is 11.1 Å². The summed E-state index contributed by atoms with van der Waals surface area (Å²) in [5, 5.41) is 6.18. The number of amides is 1. The highest BCUT2D eigenvalue weighted by Crippen LogP contribution is 2.26. The molecule has 5 heteroatoms. The zero-order chi connectivity index (χ0) is 15.4. The molecule has 1 aromatic carbocycles. The highest BCUT2D eigenvalue weighted by atomic mass is 16.2. The van der Waals surface area contributed by atoms with Gasteiger partial charge >= 0.3 is 0 Å². The first-order valence-electron chi connectivity index (χ1n) is 7.55. The molecule has 0 aliphatic carbocycles. The largest absolute Gasteiger partial charge is 0.358 e. The number of nitrogens with one attached hydrogen (secondary N) is 2. The summed E-state index contributed by atoms with van der Waals surface area (Å²) in [4.78, 5) is 20.4. The predicted octanol–water partition coefficient (Wildman–Crippen LogP) is 1.55. The highest BCUT2D eigenvalue weighted by Gasteiger charge is 2.40. The molecule has 2 N–H and O–H groups in total. The van der Waals surface area contributed by atoms with Crippen LogP contribution < -0.4 is 10.6 Å². The molecule has 1 aromatic heterocycles. The third kappa shape index (κ3) is 2.85. The van der Waals surface area contributed by atoms with Crippen LogP contribution in [0.3, 0.4) is 0 Å². The molecule has 1 unspecified atom stereocenters. The second-order valence-electron chi connectivity index (χ2n) is 5.70. The Balaban J connectivity index is 1.88. The second-order valence-corrected chi connectivity index (χ2v) is 5.70. The number of nitrogens with zero attached hydrogens (tertiary/aromatic N) is 2. The van der Waals surface area contributed by atoms with Crippen LogP contribution in [0.4, 0.5) is 0 Å². The molecular weight excluding hydrogens is 276 g/mol. The topological polar surface area (TPSA) is 66.9 Å². The van der Waals surface area contributed by atoms with Crippen LogP contribution in [-0.2, 0) is 11.2 Å². The van der Waals surface area contributed by atoms with E-state index in [1.165, 1.54) is 6.33 Å². The molecule has 114 valence electrons. The Hall–Kier alpha value is -2.27. The van der Waals surface area contributed by atoms with Gasteiger partial charge in [0.2, 0.25) is 5.91 Å². The Kier molecular flexibility index (Phi) is 4.15. The fraction of sp³-hybridized carbons (Fsp3) is 0.353. The lowest BCUT2D eigenvalue weighted by Crippen LogP contribution is -2.54. The molecule has 1 aliphatic heterocycles. The Labute approximate surface area is 130 Å². The number of likely N-dealkylation sites (N-methyl/N-ethyl adjacent to an activating group) is 1. The molecule has 0 bridgehead atoms.